The van der Waals surface area contributed by atoms with Gasteiger partial charge in [-0.05, 0) is 47.8 Å². The molecule has 0 atom stereocenters. The van der Waals surface area contributed by atoms with Crippen molar-refractivity contribution in [3.63, 3.8) is 0 Å². The van der Waals surface area contributed by atoms with Gasteiger partial charge >= 0.3 is 0 Å². The zero-order valence-corrected chi connectivity index (χ0v) is 19.5. The molecule has 1 aliphatic heterocycles. The van der Waals surface area contributed by atoms with Gasteiger partial charge in [-0.15, -0.1) is 0 Å². The molecule has 3 heterocycles. The molecule has 9 heteroatoms. The molecule has 0 unspecified atom stereocenters. The number of nitrogens with zero attached hydrogens (tertiary/aromatic N) is 3. The van der Waals surface area contributed by atoms with Gasteiger partial charge in [0.25, 0.3) is 0 Å². The van der Waals surface area contributed by atoms with Crippen LogP contribution in [0.5, 0.6) is 11.5 Å². The van der Waals surface area contributed by atoms with Crippen molar-refractivity contribution in [3.05, 3.63) is 40.1 Å². The summed E-state index contributed by atoms with van der Waals surface area (Å²) in [6.45, 7) is 4.04. The molecule has 164 valence electrons. The molecule has 0 aliphatic carbocycles. The van der Waals surface area contributed by atoms with Crippen LogP contribution in [-0.2, 0) is 11.3 Å². The van der Waals surface area contributed by atoms with E-state index in [1.54, 1.807) is 20.4 Å². The number of hydrogen-bond donors (Lipinski definition) is 2. The number of rotatable bonds is 7. The average molecular weight is 488 g/mol. The van der Waals surface area contributed by atoms with E-state index in [1.165, 1.54) is 0 Å². The summed E-state index contributed by atoms with van der Waals surface area (Å²) >= 11 is 3.58. The Morgan fingerprint density at radius 1 is 1.10 bits per heavy atom. The van der Waals surface area contributed by atoms with Crippen LogP contribution in [0.1, 0.15) is 24.1 Å². The lowest BCUT2D eigenvalue weighted by atomic mass is 10.1. The second-order valence-electron chi connectivity index (χ2n) is 7.37. The Balaban J connectivity index is 1.60. The van der Waals surface area contributed by atoms with E-state index in [0.29, 0.717) is 18.4 Å². The maximum absolute atomic E-state index is 5.50. The fraction of sp³-hybridized carbons (Fsp3) is 0.409. The summed E-state index contributed by atoms with van der Waals surface area (Å²) in [6.07, 6.45) is 3.68. The lowest BCUT2D eigenvalue weighted by Crippen LogP contribution is -2.28. The van der Waals surface area contributed by atoms with Crippen LogP contribution < -0.4 is 20.1 Å². The second-order valence-corrected chi connectivity index (χ2v) is 8.23. The molecular weight excluding hydrogens is 462 g/mol. The number of aryl methyl sites for hydroxylation is 1. The van der Waals surface area contributed by atoms with Crippen molar-refractivity contribution in [1.29, 1.82) is 0 Å². The lowest BCUT2D eigenvalue weighted by Gasteiger charge is -2.24. The number of pyridine rings is 1. The minimum Gasteiger partial charge on any atom is -0.497 e. The number of anilines is 2. The summed E-state index contributed by atoms with van der Waals surface area (Å²) in [7, 11) is 3.28. The number of hydrogen-bond acceptors (Lipinski definition) is 8. The van der Waals surface area contributed by atoms with Crippen molar-refractivity contribution < 1.29 is 14.2 Å². The summed E-state index contributed by atoms with van der Waals surface area (Å²) in [5.74, 6) is 2.97. The molecule has 2 N–H and O–H groups in total. The van der Waals surface area contributed by atoms with E-state index in [1.807, 2.05) is 25.1 Å². The first kappa shape index (κ1) is 21.6. The molecule has 1 aromatic carbocycles. The molecule has 0 amide bonds. The molecule has 4 rings (SSSR count). The normalized spacial score (nSPS) is 14.5. The predicted octanol–water partition coefficient (Wildman–Crippen LogP) is 4.32. The highest BCUT2D eigenvalue weighted by Gasteiger charge is 2.18. The maximum atomic E-state index is 5.50. The Bertz CT molecular complexity index is 1070. The number of ether oxygens (including phenoxy) is 3. The topological polar surface area (TPSA) is 90.4 Å². The van der Waals surface area contributed by atoms with Gasteiger partial charge in [-0.1, -0.05) is 0 Å². The van der Waals surface area contributed by atoms with Crippen LogP contribution in [0.25, 0.3) is 11.0 Å². The SMILES string of the molecule is COc1ccc(CNc2ncc(Br)c3nc(NC4CCOCC4)c(C)nc23)c(OC)c1. The Kier molecular flexibility index (Phi) is 6.72. The third-order valence-corrected chi connectivity index (χ3v) is 5.91. The van der Waals surface area contributed by atoms with Crippen LogP contribution in [0.4, 0.5) is 11.6 Å². The minimum absolute atomic E-state index is 0.347. The Labute approximate surface area is 189 Å². The molecule has 0 saturated carbocycles. The number of nitrogens with one attached hydrogen (secondary N) is 2. The van der Waals surface area contributed by atoms with Gasteiger partial charge in [0, 0.05) is 43.6 Å². The Morgan fingerprint density at radius 2 is 1.90 bits per heavy atom. The zero-order valence-electron chi connectivity index (χ0n) is 17.9. The summed E-state index contributed by atoms with van der Waals surface area (Å²) in [6, 6.07) is 6.09. The number of halogens is 1. The second kappa shape index (κ2) is 9.65. The predicted molar refractivity (Wildman–Crippen MR) is 124 cm³/mol. The smallest absolute Gasteiger partial charge is 0.154 e. The molecule has 31 heavy (non-hydrogen) atoms. The van der Waals surface area contributed by atoms with Gasteiger partial charge < -0.3 is 24.8 Å². The first-order valence-corrected chi connectivity index (χ1v) is 11.0. The van der Waals surface area contributed by atoms with E-state index in [9.17, 15) is 0 Å². The molecular formula is C22H26BrN5O3. The number of aromatic nitrogens is 3. The van der Waals surface area contributed by atoms with Crippen LogP contribution >= 0.6 is 15.9 Å². The molecule has 3 aromatic rings. The Morgan fingerprint density at radius 3 is 2.65 bits per heavy atom. The third kappa shape index (κ3) is 4.83. The van der Waals surface area contributed by atoms with Gasteiger partial charge in [-0.3, -0.25) is 0 Å². The van der Waals surface area contributed by atoms with Crippen LogP contribution in [-0.4, -0.2) is 48.4 Å². The highest BCUT2D eigenvalue weighted by atomic mass is 79.9. The van der Waals surface area contributed by atoms with Gasteiger partial charge in [0.1, 0.15) is 28.4 Å². The van der Waals surface area contributed by atoms with Gasteiger partial charge in [-0.2, -0.15) is 0 Å². The zero-order chi connectivity index (χ0) is 21.8. The average Bonchev–Trinajstić information content (AvgIpc) is 2.80. The largest absolute Gasteiger partial charge is 0.497 e. The van der Waals surface area contributed by atoms with E-state index >= 15 is 0 Å². The lowest BCUT2D eigenvalue weighted by molar-refractivity contribution is 0.0903. The van der Waals surface area contributed by atoms with Gasteiger partial charge in [0.2, 0.25) is 0 Å². The fourth-order valence-electron chi connectivity index (χ4n) is 3.57. The number of benzene rings is 1. The van der Waals surface area contributed by atoms with Crippen LogP contribution in [0.2, 0.25) is 0 Å². The standard InChI is InChI=1S/C22H26BrN5O3/c1-13-21(27-15-6-8-31-9-7-15)28-19-17(23)12-25-22(20(19)26-13)24-11-14-4-5-16(29-2)10-18(14)30-3/h4-5,10,12,15H,6-9,11H2,1-3H3,(H,24,25)(H,27,28). The number of fused-ring (bicyclic) bond motifs is 1. The van der Waals surface area contributed by atoms with Crippen molar-refractivity contribution in [1.82, 2.24) is 15.0 Å². The number of methoxy groups -OCH3 is 2. The monoisotopic (exact) mass is 487 g/mol. The van der Waals surface area contributed by atoms with Gasteiger partial charge in [-0.25, -0.2) is 15.0 Å². The van der Waals surface area contributed by atoms with Crippen molar-refractivity contribution in [2.24, 2.45) is 0 Å². The summed E-state index contributed by atoms with van der Waals surface area (Å²) < 4.78 is 17.0. The van der Waals surface area contributed by atoms with Crippen LogP contribution in [0.15, 0.2) is 28.9 Å². The van der Waals surface area contributed by atoms with E-state index in [-0.39, 0.29) is 0 Å². The van der Waals surface area contributed by atoms with Gasteiger partial charge in [0.05, 0.1) is 24.4 Å². The summed E-state index contributed by atoms with van der Waals surface area (Å²) in [5, 5.41) is 6.91. The molecule has 2 aromatic heterocycles. The highest BCUT2D eigenvalue weighted by molar-refractivity contribution is 9.10. The van der Waals surface area contributed by atoms with Gasteiger partial charge in [0.15, 0.2) is 5.82 Å². The first-order valence-electron chi connectivity index (χ1n) is 10.2. The van der Waals surface area contributed by atoms with E-state index < -0.39 is 0 Å². The molecule has 1 saturated heterocycles. The van der Waals surface area contributed by atoms with E-state index in [4.69, 9.17) is 24.2 Å². The molecule has 1 fully saturated rings. The van der Waals surface area contributed by atoms with Crippen molar-refractivity contribution in [3.8, 4) is 11.5 Å². The minimum atomic E-state index is 0.347. The molecule has 0 radical (unpaired) electrons. The molecule has 8 nitrogen and oxygen atoms in total. The summed E-state index contributed by atoms with van der Waals surface area (Å²) in [4.78, 5) is 14.2. The fourth-order valence-corrected chi connectivity index (χ4v) is 3.95. The molecule has 1 aliphatic rings. The highest BCUT2D eigenvalue weighted by Crippen LogP contribution is 2.30. The molecule has 0 bridgehead atoms. The van der Waals surface area contributed by atoms with E-state index in [2.05, 4.69) is 31.5 Å². The first-order chi connectivity index (χ1) is 15.1. The van der Waals surface area contributed by atoms with Crippen molar-refractivity contribution in [2.45, 2.75) is 32.4 Å². The van der Waals surface area contributed by atoms with Crippen LogP contribution in [0, 0.1) is 6.92 Å². The quantitative estimate of drug-likeness (QED) is 0.509. The van der Waals surface area contributed by atoms with Crippen LogP contribution in [0.3, 0.4) is 0 Å². The Hall–Kier alpha value is -2.65. The van der Waals surface area contributed by atoms with E-state index in [0.717, 1.165) is 70.1 Å². The van der Waals surface area contributed by atoms with Crippen molar-refractivity contribution >= 4 is 38.6 Å². The third-order valence-electron chi connectivity index (χ3n) is 5.33. The molecule has 0 spiro atoms. The summed E-state index contributed by atoms with van der Waals surface area (Å²) in [5.41, 5.74) is 3.31. The van der Waals surface area contributed by atoms with Crippen molar-refractivity contribution in [2.75, 3.05) is 38.1 Å². The maximum Gasteiger partial charge on any atom is 0.154 e.